The van der Waals surface area contributed by atoms with Crippen LogP contribution in [0.4, 0.5) is 15.9 Å². The van der Waals surface area contributed by atoms with Gasteiger partial charge in [-0.3, -0.25) is 14.8 Å². The van der Waals surface area contributed by atoms with Crippen molar-refractivity contribution in [3.05, 3.63) is 64.3 Å². The first kappa shape index (κ1) is 21.7. The summed E-state index contributed by atoms with van der Waals surface area (Å²) < 4.78 is 13.4. The number of hydrogen-bond donors (Lipinski definition) is 3. The van der Waals surface area contributed by atoms with E-state index < -0.39 is 5.82 Å². The second kappa shape index (κ2) is 9.42. The lowest BCUT2D eigenvalue weighted by Gasteiger charge is -2.31. The topological polar surface area (TPSA) is 98.8 Å². The average molecular weight is 486 g/mol. The molecule has 0 unspecified atom stereocenters. The summed E-state index contributed by atoms with van der Waals surface area (Å²) in [5, 5.41) is 14.1. The van der Waals surface area contributed by atoms with Crippen LogP contribution in [0.5, 0.6) is 0 Å². The molecule has 0 aliphatic carbocycles. The zero-order chi connectivity index (χ0) is 22.8. The molecular weight excluding hydrogens is 465 g/mol. The number of likely N-dealkylation sites (tertiary alicyclic amines) is 1. The average Bonchev–Trinajstić information content (AvgIpc) is 3.48. The minimum atomic E-state index is -0.489. The van der Waals surface area contributed by atoms with Crippen LogP contribution in [0.25, 0.3) is 10.2 Å². The van der Waals surface area contributed by atoms with Crippen LogP contribution in [-0.4, -0.2) is 50.1 Å². The molecule has 0 spiro atoms. The molecule has 1 amide bonds. The Morgan fingerprint density at radius 2 is 2.09 bits per heavy atom. The third-order valence-electron chi connectivity index (χ3n) is 5.60. The van der Waals surface area contributed by atoms with Gasteiger partial charge in [-0.15, -0.1) is 11.3 Å². The Morgan fingerprint density at radius 3 is 2.85 bits per heavy atom. The first-order valence-electron chi connectivity index (χ1n) is 10.5. The van der Waals surface area contributed by atoms with Gasteiger partial charge in [0.05, 0.1) is 21.0 Å². The molecule has 1 aromatic carbocycles. The first-order valence-corrected chi connectivity index (χ1v) is 11.7. The Kier molecular flexibility index (Phi) is 6.21. The summed E-state index contributed by atoms with van der Waals surface area (Å²) in [6.07, 6.45) is 5.04. The Balaban J connectivity index is 1.24. The molecule has 170 valence electrons. The number of thiophene rings is 1. The summed E-state index contributed by atoms with van der Waals surface area (Å²) in [5.74, 6) is -0.0688. The highest BCUT2D eigenvalue weighted by molar-refractivity contribution is 7.20. The summed E-state index contributed by atoms with van der Waals surface area (Å²) in [4.78, 5) is 25.1. The summed E-state index contributed by atoms with van der Waals surface area (Å²) in [7, 11) is 0. The number of aromatic amines is 1. The van der Waals surface area contributed by atoms with E-state index in [0.29, 0.717) is 21.2 Å². The number of rotatable bonds is 6. The Labute approximate surface area is 198 Å². The van der Waals surface area contributed by atoms with Crippen LogP contribution < -0.4 is 10.6 Å². The van der Waals surface area contributed by atoms with Gasteiger partial charge in [0, 0.05) is 37.6 Å². The number of benzene rings is 1. The predicted octanol–water partition coefficient (Wildman–Crippen LogP) is 4.34. The monoisotopic (exact) mass is 485 g/mol. The Hall–Kier alpha value is -3.08. The van der Waals surface area contributed by atoms with Gasteiger partial charge in [0.25, 0.3) is 5.91 Å². The van der Waals surface area contributed by atoms with Crippen molar-refractivity contribution in [2.45, 2.75) is 25.4 Å². The number of nitrogens with zero attached hydrogens (tertiary/aromatic N) is 4. The van der Waals surface area contributed by atoms with Crippen molar-refractivity contribution in [3.8, 4) is 0 Å². The van der Waals surface area contributed by atoms with Crippen LogP contribution in [0.1, 0.15) is 28.2 Å². The molecule has 1 saturated heterocycles. The number of carbonyl (C=O) groups excluding carboxylic acids is 1. The number of piperidine rings is 1. The zero-order valence-electron chi connectivity index (χ0n) is 17.5. The lowest BCUT2D eigenvalue weighted by atomic mass is 10.0. The predicted molar refractivity (Wildman–Crippen MR) is 126 cm³/mol. The van der Waals surface area contributed by atoms with Gasteiger partial charge in [-0.2, -0.15) is 5.10 Å². The van der Waals surface area contributed by atoms with E-state index in [1.807, 2.05) is 12.3 Å². The quantitative estimate of drug-likeness (QED) is 0.375. The minimum Gasteiger partial charge on any atom is -0.349 e. The molecule has 0 bridgehead atoms. The molecule has 4 heterocycles. The minimum absolute atomic E-state index is 0.0195. The number of fused-ring (bicyclic) bond motifs is 1. The molecule has 0 saturated carbocycles. The van der Waals surface area contributed by atoms with Crippen LogP contribution in [0.15, 0.2) is 42.9 Å². The van der Waals surface area contributed by atoms with Crippen molar-refractivity contribution < 1.29 is 9.18 Å². The third-order valence-corrected chi connectivity index (χ3v) is 6.93. The largest absolute Gasteiger partial charge is 0.349 e. The summed E-state index contributed by atoms with van der Waals surface area (Å²) >= 11 is 7.19. The van der Waals surface area contributed by atoms with Crippen LogP contribution in [0.2, 0.25) is 5.02 Å². The van der Waals surface area contributed by atoms with E-state index in [2.05, 4.69) is 35.7 Å². The van der Waals surface area contributed by atoms with Crippen LogP contribution >= 0.6 is 22.9 Å². The Bertz CT molecular complexity index is 1270. The van der Waals surface area contributed by atoms with Crippen LogP contribution in [-0.2, 0) is 6.54 Å². The van der Waals surface area contributed by atoms with Crippen molar-refractivity contribution in [1.29, 1.82) is 0 Å². The van der Waals surface area contributed by atoms with E-state index in [9.17, 15) is 9.18 Å². The van der Waals surface area contributed by atoms with Gasteiger partial charge < -0.3 is 10.6 Å². The highest BCUT2D eigenvalue weighted by Gasteiger charge is 2.23. The normalized spacial score (nSPS) is 15.1. The lowest BCUT2D eigenvalue weighted by Crippen LogP contribution is -2.44. The van der Waals surface area contributed by atoms with Crippen LogP contribution in [0.3, 0.4) is 0 Å². The summed E-state index contributed by atoms with van der Waals surface area (Å²) in [6, 6.07) is 8.25. The molecule has 11 heteroatoms. The number of amides is 1. The number of nitrogens with one attached hydrogen (secondary N) is 3. The summed E-state index contributed by atoms with van der Waals surface area (Å²) in [5.41, 5.74) is 1.62. The molecule has 1 fully saturated rings. The molecule has 8 nitrogen and oxygen atoms in total. The highest BCUT2D eigenvalue weighted by Crippen LogP contribution is 2.31. The molecule has 1 aliphatic rings. The maximum Gasteiger partial charge on any atom is 0.261 e. The number of anilines is 2. The number of hydrogen-bond acceptors (Lipinski definition) is 7. The molecular formula is C22H21ClFN7OS. The van der Waals surface area contributed by atoms with Gasteiger partial charge in [0.2, 0.25) is 0 Å². The fourth-order valence-electron chi connectivity index (χ4n) is 3.88. The second-order valence-electron chi connectivity index (χ2n) is 7.90. The summed E-state index contributed by atoms with van der Waals surface area (Å²) in [6.45, 7) is 2.63. The fraction of sp³-hybridized carbons (Fsp3) is 0.273. The van der Waals surface area contributed by atoms with E-state index in [0.717, 1.165) is 43.6 Å². The molecule has 0 atom stereocenters. The van der Waals surface area contributed by atoms with Gasteiger partial charge in [-0.25, -0.2) is 14.4 Å². The standard InChI is InChI=1S/C22H21ClFN7OS/c23-17-9-14(1-2-18(17)24)28-20-16-10-19(33-22(16)26-12-25-20)21(32)29-13-4-7-31(8-5-13)11-15-3-6-27-30-15/h1-3,6,9-10,12-13H,4-5,7-8,11H2,(H,27,30)(H,29,32)(H,25,26,28). The molecule has 3 aromatic heterocycles. The van der Waals surface area contributed by atoms with E-state index in [-0.39, 0.29) is 17.0 Å². The molecule has 3 N–H and O–H groups in total. The highest BCUT2D eigenvalue weighted by atomic mass is 35.5. The molecule has 33 heavy (non-hydrogen) atoms. The number of H-pyrrole nitrogens is 1. The van der Waals surface area contributed by atoms with Gasteiger partial charge in [-0.05, 0) is 43.2 Å². The molecule has 5 rings (SSSR count). The van der Waals surface area contributed by atoms with E-state index in [4.69, 9.17) is 11.6 Å². The van der Waals surface area contributed by atoms with E-state index in [1.54, 1.807) is 12.1 Å². The third kappa shape index (κ3) is 4.97. The van der Waals surface area contributed by atoms with Crippen molar-refractivity contribution in [3.63, 3.8) is 0 Å². The van der Waals surface area contributed by atoms with E-state index in [1.165, 1.54) is 29.8 Å². The van der Waals surface area contributed by atoms with Crippen molar-refractivity contribution >= 4 is 50.6 Å². The Morgan fingerprint density at radius 1 is 1.24 bits per heavy atom. The molecule has 1 aliphatic heterocycles. The zero-order valence-corrected chi connectivity index (χ0v) is 19.1. The van der Waals surface area contributed by atoms with Crippen molar-refractivity contribution in [1.82, 2.24) is 30.4 Å². The van der Waals surface area contributed by atoms with Gasteiger partial charge in [0.15, 0.2) is 0 Å². The van der Waals surface area contributed by atoms with Gasteiger partial charge in [-0.1, -0.05) is 11.6 Å². The second-order valence-corrected chi connectivity index (χ2v) is 9.33. The fourth-order valence-corrected chi connectivity index (χ4v) is 4.96. The van der Waals surface area contributed by atoms with Gasteiger partial charge >= 0.3 is 0 Å². The number of halogens is 2. The van der Waals surface area contributed by atoms with Crippen molar-refractivity contribution in [2.24, 2.45) is 0 Å². The van der Waals surface area contributed by atoms with Crippen molar-refractivity contribution in [2.75, 3.05) is 18.4 Å². The molecule has 0 radical (unpaired) electrons. The SMILES string of the molecule is O=C(NC1CCN(Cc2cc[nH]n2)CC1)c1cc2c(Nc3ccc(F)c(Cl)c3)ncnc2s1. The number of aromatic nitrogens is 4. The van der Waals surface area contributed by atoms with Gasteiger partial charge in [0.1, 0.15) is 22.8 Å². The first-order chi connectivity index (χ1) is 16.0. The maximum atomic E-state index is 13.4. The number of carbonyl (C=O) groups is 1. The maximum absolute atomic E-state index is 13.4. The lowest BCUT2D eigenvalue weighted by molar-refractivity contribution is 0.0912. The smallest absolute Gasteiger partial charge is 0.261 e. The molecule has 4 aromatic rings. The van der Waals surface area contributed by atoms with E-state index >= 15 is 0 Å². The van der Waals surface area contributed by atoms with Crippen LogP contribution in [0, 0.1) is 5.82 Å².